The number of carbonyl (C=O) groups is 2. The number of urea groups is 1. The second-order valence-corrected chi connectivity index (χ2v) is 6.35. The van der Waals surface area contributed by atoms with Crippen LogP contribution in [0, 0.1) is 10.1 Å². The number of hydrogen-bond acceptors (Lipinski definition) is 7. The number of para-hydroxylation sites is 1. The standard InChI is InChI=1S/C20H19N3O7/c1-12-17(19(25)30-10-9-29-14-5-3-2-4-6-14)18(22-20(26)21-12)13-7-8-16(24)15(11-13)23(27)28/h2-8,11,18,24H,9-10H2,1H3,(H2,21,22,26)/p-1/t18-/m1/s1. The third-order valence-electron chi connectivity index (χ3n) is 4.33. The van der Waals surface area contributed by atoms with Crippen LogP contribution in [0.4, 0.5) is 10.5 Å². The Kier molecular flexibility index (Phi) is 6.16. The van der Waals surface area contributed by atoms with E-state index in [1.165, 1.54) is 13.0 Å². The Morgan fingerprint density at radius 2 is 1.90 bits per heavy atom. The SMILES string of the molecule is CC1=C(C(=O)OCCOc2ccccc2)[C@@H](c2ccc([O-])c([N+](=O)[O-])c2)NC(=O)N1. The lowest BCUT2D eigenvalue weighted by atomic mass is 9.95. The van der Waals surface area contributed by atoms with Crippen molar-refractivity contribution in [1.29, 1.82) is 0 Å². The van der Waals surface area contributed by atoms with Crippen molar-refractivity contribution in [2.75, 3.05) is 13.2 Å². The number of esters is 1. The zero-order chi connectivity index (χ0) is 21.7. The molecule has 1 heterocycles. The fourth-order valence-electron chi connectivity index (χ4n) is 2.96. The van der Waals surface area contributed by atoms with Crippen molar-refractivity contribution in [1.82, 2.24) is 10.6 Å². The van der Waals surface area contributed by atoms with E-state index in [1.807, 2.05) is 18.2 Å². The monoisotopic (exact) mass is 412 g/mol. The topological polar surface area (TPSA) is 143 Å². The zero-order valence-electron chi connectivity index (χ0n) is 15.9. The van der Waals surface area contributed by atoms with Crippen molar-refractivity contribution in [3.05, 3.63) is 75.5 Å². The van der Waals surface area contributed by atoms with E-state index in [-0.39, 0.29) is 30.0 Å². The first-order chi connectivity index (χ1) is 14.4. The van der Waals surface area contributed by atoms with E-state index in [4.69, 9.17) is 9.47 Å². The summed E-state index contributed by atoms with van der Waals surface area (Å²) in [6.45, 7) is 1.58. The number of nitro groups is 1. The number of rotatable bonds is 7. The lowest BCUT2D eigenvalue weighted by molar-refractivity contribution is -0.398. The molecule has 2 aromatic rings. The fourth-order valence-corrected chi connectivity index (χ4v) is 2.96. The number of amides is 2. The van der Waals surface area contributed by atoms with Gasteiger partial charge in [-0.15, -0.1) is 0 Å². The first-order valence-electron chi connectivity index (χ1n) is 8.95. The molecule has 0 aromatic heterocycles. The molecule has 1 aliphatic rings. The number of allylic oxidation sites excluding steroid dienone is 1. The predicted molar refractivity (Wildman–Crippen MR) is 103 cm³/mol. The Hall–Kier alpha value is -4.08. The van der Waals surface area contributed by atoms with Gasteiger partial charge in [-0.2, -0.15) is 0 Å². The zero-order valence-corrected chi connectivity index (χ0v) is 15.9. The van der Waals surface area contributed by atoms with Gasteiger partial charge in [-0.05, 0) is 30.4 Å². The molecule has 0 aliphatic carbocycles. The molecule has 10 heteroatoms. The summed E-state index contributed by atoms with van der Waals surface area (Å²) in [5, 5.41) is 27.8. The van der Waals surface area contributed by atoms with E-state index in [2.05, 4.69) is 10.6 Å². The van der Waals surface area contributed by atoms with Crippen LogP contribution in [0.1, 0.15) is 18.5 Å². The van der Waals surface area contributed by atoms with Crippen LogP contribution in [0.25, 0.3) is 0 Å². The molecule has 0 radical (unpaired) electrons. The average molecular weight is 412 g/mol. The maximum atomic E-state index is 12.7. The normalized spacial score (nSPS) is 15.8. The molecule has 1 atom stereocenters. The molecule has 2 N–H and O–H groups in total. The third-order valence-corrected chi connectivity index (χ3v) is 4.33. The van der Waals surface area contributed by atoms with Gasteiger partial charge in [-0.1, -0.05) is 30.3 Å². The highest BCUT2D eigenvalue weighted by molar-refractivity contribution is 5.95. The smallest absolute Gasteiger partial charge is 0.338 e. The molecule has 0 spiro atoms. The molecule has 0 unspecified atom stereocenters. The van der Waals surface area contributed by atoms with E-state index >= 15 is 0 Å². The summed E-state index contributed by atoms with van der Waals surface area (Å²) in [5.74, 6) is -0.874. The first-order valence-corrected chi connectivity index (χ1v) is 8.95. The molecule has 0 bridgehead atoms. The minimum absolute atomic E-state index is 0.0508. The minimum Gasteiger partial charge on any atom is -0.868 e. The van der Waals surface area contributed by atoms with Crippen LogP contribution in [0.5, 0.6) is 11.5 Å². The average Bonchev–Trinajstić information content (AvgIpc) is 2.71. The summed E-state index contributed by atoms with van der Waals surface area (Å²) in [6.07, 6.45) is 0. The van der Waals surface area contributed by atoms with Gasteiger partial charge in [0, 0.05) is 11.8 Å². The van der Waals surface area contributed by atoms with Crippen LogP contribution in [0.15, 0.2) is 59.8 Å². The van der Waals surface area contributed by atoms with Crippen molar-refractivity contribution in [2.24, 2.45) is 0 Å². The van der Waals surface area contributed by atoms with Crippen molar-refractivity contribution in [3.8, 4) is 11.5 Å². The lowest BCUT2D eigenvalue weighted by Gasteiger charge is -2.28. The summed E-state index contributed by atoms with van der Waals surface area (Å²) < 4.78 is 10.7. The molecule has 2 aromatic carbocycles. The number of ether oxygens (including phenoxy) is 2. The molecule has 2 amide bonds. The molecule has 156 valence electrons. The maximum absolute atomic E-state index is 12.7. The molecule has 1 aliphatic heterocycles. The van der Waals surface area contributed by atoms with Gasteiger partial charge in [0.2, 0.25) is 0 Å². The molecule has 0 saturated heterocycles. The second kappa shape index (κ2) is 8.95. The Labute approximate surface area is 171 Å². The third kappa shape index (κ3) is 4.66. The highest BCUT2D eigenvalue weighted by Gasteiger charge is 2.33. The highest BCUT2D eigenvalue weighted by atomic mass is 16.6. The Bertz CT molecular complexity index is 1000. The number of nitrogens with zero attached hydrogens (tertiary/aromatic N) is 1. The van der Waals surface area contributed by atoms with E-state index in [1.54, 1.807) is 12.1 Å². The number of benzene rings is 2. The molecule has 30 heavy (non-hydrogen) atoms. The van der Waals surface area contributed by atoms with E-state index < -0.39 is 34.4 Å². The van der Waals surface area contributed by atoms with Gasteiger partial charge in [-0.3, -0.25) is 10.1 Å². The van der Waals surface area contributed by atoms with Crippen molar-refractivity contribution in [3.63, 3.8) is 0 Å². The largest absolute Gasteiger partial charge is 0.868 e. The van der Waals surface area contributed by atoms with E-state index in [0.717, 1.165) is 12.1 Å². The van der Waals surface area contributed by atoms with E-state index in [0.29, 0.717) is 5.75 Å². The number of nitro benzene ring substituents is 1. The van der Waals surface area contributed by atoms with Gasteiger partial charge < -0.3 is 25.2 Å². The molecular weight excluding hydrogens is 394 g/mol. The van der Waals surface area contributed by atoms with Gasteiger partial charge >= 0.3 is 12.0 Å². The Balaban J connectivity index is 1.75. The van der Waals surface area contributed by atoms with Crippen molar-refractivity contribution >= 4 is 17.7 Å². The molecule has 10 nitrogen and oxygen atoms in total. The minimum atomic E-state index is -1.01. The first kappa shape index (κ1) is 20.6. The van der Waals surface area contributed by atoms with Gasteiger partial charge in [0.25, 0.3) is 5.69 Å². The highest BCUT2D eigenvalue weighted by Crippen LogP contribution is 2.32. The van der Waals surface area contributed by atoms with Crippen molar-refractivity contribution in [2.45, 2.75) is 13.0 Å². The van der Waals surface area contributed by atoms with Gasteiger partial charge in [0.05, 0.1) is 16.5 Å². The van der Waals surface area contributed by atoms with Gasteiger partial charge in [0.1, 0.15) is 19.0 Å². The summed E-state index contributed by atoms with van der Waals surface area (Å²) in [6, 6.07) is 10.8. The Morgan fingerprint density at radius 1 is 1.17 bits per heavy atom. The molecule has 0 fully saturated rings. The van der Waals surface area contributed by atoms with Gasteiger partial charge in [-0.25, -0.2) is 9.59 Å². The van der Waals surface area contributed by atoms with Gasteiger partial charge in [0.15, 0.2) is 0 Å². The van der Waals surface area contributed by atoms with E-state index in [9.17, 15) is 24.8 Å². The number of nitrogens with one attached hydrogen (secondary N) is 2. The fraction of sp³-hybridized carbons (Fsp3) is 0.200. The van der Waals surface area contributed by atoms with Crippen LogP contribution in [0.3, 0.4) is 0 Å². The quantitative estimate of drug-likeness (QED) is 0.306. The predicted octanol–water partition coefficient (Wildman–Crippen LogP) is 1.92. The maximum Gasteiger partial charge on any atom is 0.338 e. The number of carbonyl (C=O) groups excluding carboxylic acids is 2. The van der Waals surface area contributed by atoms with Crippen LogP contribution in [0.2, 0.25) is 0 Å². The summed E-state index contributed by atoms with van der Waals surface area (Å²) in [5.41, 5.74) is -0.126. The molecule has 3 rings (SSSR count). The van der Waals surface area contributed by atoms with Crippen LogP contribution in [-0.4, -0.2) is 30.1 Å². The number of hydrogen-bond donors (Lipinski definition) is 2. The molecular formula is C20H18N3O7-. The van der Waals surface area contributed by atoms with Crippen LogP contribution in [-0.2, 0) is 9.53 Å². The summed E-state index contributed by atoms with van der Waals surface area (Å²) >= 11 is 0. The summed E-state index contributed by atoms with van der Waals surface area (Å²) in [4.78, 5) is 34.8. The molecule has 0 saturated carbocycles. The van der Waals surface area contributed by atoms with Crippen molar-refractivity contribution < 1.29 is 29.1 Å². The van der Waals surface area contributed by atoms with Crippen LogP contribution < -0.4 is 20.5 Å². The Morgan fingerprint density at radius 3 is 2.60 bits per heavy atom. The van der Waals surface area contributed by atoms with Crippen LogP contribution >= 0.6 is 0 Å². The summed E-state index contributed by atoms with van der Waals surface area (Å²) in [7, 11) is 0. The second-order valence-electron chi connectivity index (χ2n) is 6.35. The lowest BCUT2D eigenvalue weighted by Crippen LogP contribution is -2.45.